The van der Waals surface area contributed by atoms with Gasteiger partial charge in [-0.1, -0.05) is 12.8 Å². The highest BCUT2D eigenvalue weighted by atomic mass is 16.6. The van der Waals surface area contributed by atoms with Crippen LogP contribution in [0.25, 0.3) is 0 Å². The molecule has 1 aromatic heterocycles. The van der Waals surface area contributed by atoms with Crippen LogP contribution < -0.4 is 16.4 Å². The first kappa shape index (κ1) is 18.3. The third-order valence-electron chi connectivity index (χ3n) is 5.56. The number of nitrogens with zero attached hydrogens (tertiary/aromatic N) is 3. The number of primary amides is 1. The average molecular weight is 362 g/mol. The van der Waals surface area contributed by atoms with Crippen molar-refractivity contribution in [2.75, 3.05) is 10.6 Å². The Morgan fingerprint density at radius 1 is 1.31 bits per heavy atom. The Balaban J connectivity index is 1.73. The van der Waals surface area contributed by atoms with E-state index in [1.165, 1.54) is 6.20 Å². The van der Waals surface area contributed by atoms with E-state index in [1.807, 2.05) is 0 Å². The summed E-state index contributed by atoms with van der Waals surface area (Å²) in [6.07, 6.45) is 8.48. The predicted octanol–water partition coefficient (Wildman–Crippen LogP) is 2.59. The maximum atomic E-state index is 11.3. The summed E-state index contributed by atoms with van der Waals surface area (Å²) in [7, 11) is 0. The number of anilines is 2. The third-order valence-corrected chi connectivity index (χ3v) is 5.56. The molecule has 142 valence electrons. The molecule has 1 heterocycles. The van der Waals surface area contributed by atoms with E-state index in [0.29, 0.717) is 18.8 Å². The monoisotopic (exact) mass is 362 g/mol. The maximum Gasteiger partial charge on any atom is 0.329 e. The first-order valence-electron chi connectivity index (χ1n) is 9.22. The SMILES string of the molecule is CC1(Nc2ncc([N+](=O)[O-])c(NC3CCC(C(N)=O)CC3)n2)CCCC1. The van der Waals surface area contributed by atoms with Crippen LogP contribution in [0, 0.1) is 16.0 Å². The van der Waals surface area contributed by atoms with E-state index in [9.17, 15) is 14.9 Å². The lowest BCUT2D eigenvalue weighted by molar-refractivity contribution is -0.384. The lowest BCUT2D eigenvalue weighted by Crippen LogP contribution is -2.33. The molecule has 0 atom stereocenters. The number of nitrogens with two attached hydrogens (primary N) is 1. The van der Waals surface area contributed by atoms with Crippen molar-refractivity contribution in [3.8, 4) is 0 Å². The minimum atomic E-state index is -0.474. The number of nitro groups is 1. The Kier molecular flexibility index (Phi) is 5.24. The van der Waals surface area contributed by atoms with E-state index in [1.54, 1.807) is 0 Å². The highest BCUT2D eigenvalue weighted by Gasteiger charge is 2.31. The van der Waals surface area contributed by atoms with Gasteiger partial charge in [-0.25, -0.2) is 4.98 Å². The summed E-state index contributed by atoms with van der Waals surface area (Å²) >= 11 is 0. The molecule has 9 heteroatoms. The minimum absolute atomic E-state index is 0.0362. The number of carbonyl (C=O) groups excluding carboxylic acids is 1. The van der Waals surface area contributed by atoms with Crippen molar-refractivity contribution in [3.63, 3.8) is 0 Å². The van der Waals surface area contributed by atoms with Gasteiger partial charge in [0.1, 0.15) is 6.20 Å². The van der Waals surface area contributed by atoms with Crippen LogP contribution in [0.4, 0.5) is 17.5 Å². The quantitative estimate of drug-likeness (QED) is 0.522. The Morgan fingerprint density at radius 2 is 1.96 bits per heavy atom. The number of hydrogen-bond acceptors (Lipinski definition) is 7. The van der Waals surface area contributed by atoms with Crippen molar-refractivity contribution in [2.24, 2.45) is 11.7 Å². The highest BCUT2D eigenvalue weighted by Crippen LogP contribution is 2.33. The molecule has 2 saturated carbocycles. The van der Waals surface area contributed by atoms with Crippen LogP contribution >= 0.6 is 0 Å². The van der Waals surface area contributed by atoms with E-state index >= 15 is 0 Å². The zero-order chi connectivity index (χ0) is 18.7. The first-order chi connectivity index (χ1) is 12.4. The Morgan fingerprint density at radius 3 is 2.54 bits per heavy atom. The number of aromatic nitrogens is 2. The van der Waals surface area contributed by atoms with Crippen molar-refractivity contribution in [2.45, 2.75) is 69.9 Å². The largest absolute Gasteiger partial charge is 0.369 e. The van der Waals surface area contributed by atoms with Crippen LogP contribution in [0.2, 0.25) is 0 Å². The van der Waals surface area contributed by atoms with Gasteiger partial charge in [0.25, 0.3) is 0 Å². The van der Waals surface area contributed by atoms with Crippen molar-refractivity contribution < 1.29 is 9.72 Å². The third kappa shape index (κ3) is 4.20. The molecule has 1 amide bonds. The van der Waals surface area contributed by atoms with Gasteiger partial charge in [0, 0.05) is 17.5 Å². The maximum absolute atomic E-state index is 11.3. The van der Waals surface area contributed by atoms with E-state index in [2.05, 4.69) is 27.5 Å². The van der Waals surface area contributed by atoms with E-state index in [-0.39, 0.29) is 34.9 Å². The molecule has 0 radical (unpaired) electrons. The van der Waals surface area contributed by atoms with Gasteiger partial charge in [-0.15, -0.1) is 0 Å². The summed E-state index contributed by atoms with van der Waals surface area (Å²) in [5.41, 5.74) is 5.16. The second-order valence-electron chi connectivity index (χ2n) is 7.67. The smallest absolute Gasteiger partial charge is 0.329 e. The molecule has 2 aliphatic rings. The summed E-state index contributed by atoms with van der Waals surface area (Å²) in [6, 6.07) is 0.0362. The number of amides is 1. The average Bonchev–Trinajstić information content (AvgIpc) is 3.01. The molecule has 0 unspecified atom stereocenters. The van der Waals surface area contributed by atoms with Gasteiger partial charge < -0.3 is 16.4 Å². The summed E-state index contributed by atoms with van der Waals surface area (Å²) < 4.78 is 0. The van der Waals surface area contributed by atoms with E-state index in [0.717, 1.165) is 38.5 Å². The molecule has 0 saturated heterocycles. The highest BCUT2D eigenvalue weighted by molar-refractivity contribution is 5.76. The van der Waals surface area contributed by atoms with Crippen LogP contribution in [0.1, 0.15) is 58.3 Å². The molecule has 3 rings (SSSR count). The molecule has 2 aliphatic carbocycles. The van der Waals surface area contributed by atoms with Crippen molar-refractivity contribution in [1.29, 1.82) is 0 Å². The van der Waals surface area contributed by atoms with Gasteiger partial charge in [0.05, 0.1) is 4.92 Å². The zero-order valence-corrected chi connectivity index (χ0v) is 15.0. The second kappa shape index (κ2) is 7.43. The Bertz CT molecular complexity index is 681. The molecule has 4 N–H and O–H groups in total. The molecular formula is C17H26N6O3. The van der Waals surface area contributed by atoms with Gasteiger partial charge >= 0.3 is 5.69 Å². The molecule has 0 aliphatic heterocycles. The Hall–Kier alpha value is -2.45. The van der Waals surface area contributed by atoms with Gasteiger partial charge in [-0.05, 0) is 45.4 Å². The van der Waals surface area contributed by atoms with Gasteiger partial charge in [-0.2, -0.15) is 4.98 Å². The zero-order valence-electron chi connectivity index (χ0n) is 15.0. The molecule has 26 heavy (non-hydrogen) atoms. The fourth-order valence-corrected chi connectivity index (χ4v) is 3.94. The summed E-state index contributed by atoms with van der Waals surface area (Å²) in [4.78, 5) is 30.7. The fourth-order valence-electron chi connectivity index (χ4n) is 3.94. The second-order valence-corrected chi connectivity index (χ2v) is 7.67. The first-order valence-corrected chi connectivity index (χ1v) is 9.22. The number of rotatable bonds is 6. The lowest BCUT2D eigenvalue weighted by atomic mass is 9.85. The summed E-state index contributed by atoms with van der Waals surface area (Å²) in [6.45, 7) is 2.13. The molecule has 0 spiro atoms. The number of hydrogen-bond donors (Lipinski definition) is 3. The standard InChI is InChI=1S/C17H26N6O3/c1-17(8-2-3-9-17)22-16-19-10-13(23(25)26)15(21-16)20-12-6-4-11(5-7-12)14(18)24/h10-12H,2-9H2,1H3,(H2,18,24)(H2,19,20,21,22). The van der Waals surface area contributed by atoms with Crippen LogP contribution in [0.3, 0.4) is 0 Å². The van der Waals surface area contributed by atoms with Gasteiger partial charge in [0.15, 0.2) is 0 Å². The molecule has 2 fully saturated rings. The van der Waals surface area contributed by atoms with Gasteiger partial charge in [-0.3, -0.25) is 14.9 Å². The molecule has 9 nitrogen and oxygen atoms in total. The van der Waals surface area contributed by atoms with E-state index < -0.39 is 4.92 Å². The van der Waals surface area contributed by atoms with Crippen LogP contribution in [-0.4, -0.2) is 32.4 Å². The Labute approximate surface area is 152 Å². The number of carbonyl (C=O) groups is 1. The van der Waals surface area contributed by atoms with Crippen molar-refractivity contribution in [1.82, 2.24) is 9.97 Å². The topological polar surface area (TPSA) is 136 Å². The van der Waals surface area contributed by atoms with Gasteiger partial charge in [0.2, 0.25) is 17.7 Å². The van der Waals surface area contributed by atoms with Crippen LogP contribution in [-0.2, 0) is 4.79 Å². The molecule has 1 aromatic rings. The van der Waals surface area contributed by atoms with Crippen molar-refractivity contribution >= 4 is 23.4 Å². The molecule has 0 bridgehead atoms. The molecular weight excluding hydrogens is 336 g/mol. The fraction of sp³-hybridized carbons (Fsp3) is 0.706. The molecule has 0 aromatic carbocycles. The van der Waals surface area contributed by atoms with E-state index in [4.69, 9.17) is 5.73 Å². The van der Waals surface area contributed by atoms with Crippen LogP contribution in [0.15, 0.2) is 6.20 Å². The lowest BCUT2D eigenvalue weighted by Gasteiger charge is -2.28. The summed E-state index contributed by atoms with van der Waals surface area (Å²) in [5.74, 6) is 0.269. The normalized spacial score (nSPS) is 24.8. The minimum Gasteiger partial charge on any atom is -0.369 e. The summed E-state index contributed by atoms with van der Waals surface area (Å²) in [5, 5.41) is 17.8. The number of nitrogens with one attached hydrogen (secondary N) is 2. The van der Waals surface area contributed by atoms with Crippen LogP contribution in [0.5, 0.6) is 0 Å². The predicted molar refractivity (Wildman–Crippen MR) is 97.7 cm³/mol. The van der Waals surface area contributed by atoms with Crippen molar-refractivity contribution in [3.05, 3.63) is 16.3 Å².